The van der Waals surface area contributed by atoms with Crippen LogP contribution in [-0.2, 0) is 0 Å². The summed E-state index contributed by atoms with van der Waals surface area (Å²) in [6.45, 7) is 3.31. The Morgan fingerprint density at radius 3 is 2.55 bits per heavy atom. The third kappa shape index (κ3) is 1.61. The van der Waals surface area contributed by atoms with Crippen molar-refractivity contribution >= 4 is 0 Å². The van der Waals surface area contributed by atoms with Crippen LogP contribution in [0, 0.1) is 13.8 Å². The van der Waals surface area contributed by atoms with E-state index in [4.69, 9.17) is 9.52 Å². The van der Waals surface area contributed by atoms with Gasteiger partial charge in [0.25, 0.3) is 0 Å². The molecule has 0 saturated heterocycles. The lowest BCUT2D eigenvalue weighted by Gasteiger charge is -2.03. The van der Waals surface area contributed by atoms with E-state index in [0.29, 0.717) is 11.3 Å². The van der Waals surface area contributed by atoms with Gasteiger partial charge in [-0.05, 0) is 19.9 Å². The van der Waals surface area contributed by atoms with Crippen LogP contribution in [0.1, 0.15) is 23.2 Å². The Morgan fingerprint density at radius 2 is 2.18 bits per heavy atom. The highest BCUT2D eigenvalue weighted by atomic mass is 16.3. The molecule has 0 spiro atoms. The highest BCUT2D eigenvalue weighted by molar-refractivity contribution is 5.22. The zero-order chi connectivity index (χ0) is 8.43. The maximum Gasteiger partial charge on any atom is 0.106 e. The predicted octanol–water partition coefficient (Wildman–Crippen LogP) is 0.922. The van der Waals surface area contributed by atoms with E-state index < -0.39 is 6.10 Å². The van der Waals surface area contributed by atoms with Gasteiger partial charge in [0.05, 0.1) is 6.61 Å². The van der Waals surface area contributed by atoms with Gasteiger partial charge in [-0.2, -0.15) is 0 Å². The molecule has 1 aromatic rings. The summed E-state index contributed by atoms with van der Waals surface area (Å²) in [5.74, 6) is 1.43. The van der Waals surface area contributed by atoms with Crippen molar-refractivity contribution in [2.75, 3.05) is 6.61 Å². The van der Waals surface area contributed by atoms with Crippen LogP contribution in [0.2, 0.25) is 0 Å². The molecule has 0 aliphatic heterocycles. The Morgan fingerprint density at radius 1 is 1.55 bits per heavy atom. The van der Waals surface area contributed by atoms with Gasteiger partial charge < -0.3 is 14.6 Å². The van der Waals surface area contributed by atoms with E-state index in [2.05, 4.69) is 0 Å². The molecule has 11 heavy (non-hydrogen) atoms. The lowest BCUT2D eigenvalue weighted by molar-refractivity contribution is 0.0944. The van der Waals surface area contributed by atoms with Crippen LogP contribution in [0.5, 0.6) is 0 Å². The quantitative estimate of drug-likeness (QED) is 0.669. The monoisotopic (exact) mass is 156 g/mol. The molecule has 0 aromatic carbocycles. The zero-order valence-electron chi connectivity index (χ0n) is 6.66. The van der Waals surface area contributed by atoms with Gasteiger partial charge >= 0.3 is 0 Å². The largest absolute Gasteiger partial charge is 0.466 e. The Balaban J connectivity index is 2.93. The van der Waals surface area contributed by atoms with E-state index >= 15 is 0 Å². The SMILES string of the molecule is Cc1cc(C(O)CO)c(C)o1. The van der Waals surface area contributed by atoms with Crippen molar-refractivity contribution in [1.29, 1.82) is 0 Å². The molecule has 1 aromatic heterocycles. The molecular formula is C8H12O3. The molecule has 1 heterocycles. The first kappa shape index (κ1) is 8.30. The number of hydrogen-bond donors (Lipinski definition) is 2. The molecule has 62 valence electrons. The van der Waals surface area contributed by atoms with E-state index in [1.807, 2.05) is 0 Å². The van der Waals surface area contributed by atoms with Crippen molar-refractivity contribution in [3.8, 4) is 0 Å². The molecule has 2 N–H and O–H groups in total. The standard InChI is InChI=1S/C8H12O3/c1-5-3-7(6(2)11-5)8(10)4-9/h3,8-10H,4H2,1-2H3. The van der Waals surface area contributed by atoms with Crippen molar-refractivity contribution in [3.05, 3.63) is 23.2 Å². The van der Waals surface area contributed by atoms with Gasteiger partial charge in [0.2, 0.25) is 0 Å². The molecule has 3 nitrogen and oxygen atoms in total. The van der Waals surface area contributed by atoms with Crippen molar-refractivity contribution in [1.82, 2.24) is 0 Å². The van der Waals surface area contributed by atoms with Crippen molar-refractivity contribution < 1.29 is 14.6 Å². The molecule has 1 atom stereocenters. The minimum atomic E-state index is -0.813. The van der Waals surface area contributed by atoms with Gasteiger partial charge in [0.1, 0.15) is 17.6 Å². The second-order valence-corrected chi connectivity index (χ2v) is 2.57. The smallest absolute Gasteiger partial charge is 0.106 e. The number of hydrogen-bond acceptors (Lipinski definition) is 3. The molecular weight excluding hydrogens is 144 g/mol. The lowest BCUT2D eigenvalue weighted by Crippen LogP contribution is -2.01. The number of aliphatic hydroxyl groups is 2. The van der Waals surface area contributed by atoms with Crippen LogP contribution < -0.4 is 0 Å². The van der Waals surface area contributed by atoms with Gasteiger partial charge in [0.15, 0.2) is 0 Å². The minimum Gasteiger partial charge on any atom is -0.466 e. The zero-order valence-corrected chi connectivity index (χ0v) is 6.66. The molecule has 1 unspecified atom stereocenters. The van der Waals surface area contributed by atoms with Crippen LogP contribution >= 0.6 is 0 Å². The van der Waals surface area contributed by atoms with E-state index in [1.54, 1.807) is 19.9 Å². The third-order valence-corrected chi connectivity index (χ3v) is 1.61. The van der Waals surface area contributed by atoms with E-state index in [0.717, 1.165) is 5.76 Å². The van der Waals surface area contributed by atoms with Crippen LogP contribution in [0.25, 0.3) is 0 Å². The summed E-state index contributed by atoms with van der Waals surface area (Å²) < 4.78 is 5.17. The second kappa shape index (κ2) is 3.07. The highest BCUT2D eigenvalue weighted by Crippen LogP contribution is 2.20. The first-order chi connectivity index (χ1) is 5.15. The van der Waals surface area contributed by atoms with E-state index in [9.17, 15) is 5.11 Å². The first-order valence-electron chi connectivity index (χ1n) is 3.51. The molecule has 0 radical (unpaired) electrons. The van der Waals surface area contributed by atoms with Crippen LogP contribution in [0.15, 0.2) is 10.5 Å². The van der Waals surface area contributed by atoms with Crippen LogP contribution in [0.4, 0.5) is 0 Å². The summed E-state index contributed by atoms with van der Waals surface area (Å²) >= 11 is 0. The van der Waals surface area contributed by atoms with Gasteiger partial charge in [-0.3, -0.25) is 0 Å². The fourth-order valence-corrected chi connectivity index (χ4v) is 1.08. The maximum absolute atomic E-state index is 9.21. The van der Waals surface area contributed by atoms with Crippen molar-refractivity contribution in [3.63, 3.8) is 0 Å². The van der Waals surface area contributed by atoms with Crippen LogP contribution in [-0.4, -0.2) is 16.8 Å². The fourth-order valence-electron chi connectivity index (χ4n) is 1.08. The Kier molecular flexibility index (Phi) is 2.31. The molecule has 0 amide bonds. The maximum atomic E-state index is 9.21. The van der Waals surface area contributed by atoms with Crippen molar-refractivity contribution in [2.24, 2.45) is 0 Å². The van der Waals surface area contributed by atoms with Gasteiger partial charge in [-0.1, -0.05) is 0 Å². The summed E-state index contributed by atoms with van der Waals surface area (Å²) in [7, 11) is 0. The summed E-state index contributed by atoms with van der Waals surface area (Å²) in [5.41, 5.74) is 0.671. The molecule has 3 heteroatoms. The van der Waals surface area contributed by atoms with Crippen LogP contribution in [0.3, 0.4) is 0 Å². The predicted molar refractivity (Wildman–Crippen MR) is 40.2 cm³/mol. The van der Waals surface area contributed by atoms with Gasteiger partial charge in [-0.25, -0.2) is 0 Å². The number of aryl methyl sites for hydroxylation is 2. The molecule has 0 aliphatic rings. The fraction of sp³-hybridized carbons (Fsp3) is 0.500. The Labute approximate surface area is 65.3 Å². The lowest BCUT2D eigenvalue weighted by atomic mass is 10.1. The van der Waals surface area contributed by atoms with Crippen molar-refractivity contribution in [2.45, 2.75) is 20.0 Å². The topological polar surface area (TPSA) is 53.6 Å². The summed E-state index contributed by atoms with van der Waals surface area (Å²) in [5, 5.41) is 17.8. The number of rotatable bonds is 2. The van der Waals surface area contributed by atoms with Gasteiger partial charge in [-0.15, -0.1) is 0 Å². The summed E-state index contributed by atoms with van der Waals surface area (Å²) in [4.78, 5) is 0. The third-order valence-electron chi connectivity index (χ3n) is 1.61. The summed E-state index contributed by atoms with van der Waals surface area (Å²) in [6.07, 6.45) is -0.813. The normalized spacial score (nSPS) is 13.5. The molecule has 0 aliphatic carbocycles. The molecule has 1 rings (SSSR count). The average molecular weight is 156 g/mol. The minimum absolute atomic E-state index is 0.264. The van der Waals surface area contributed by atoms with E-state index in [-0.39, 0.29) is 6.61 Å². The van der Waals surface area contributed by atoms with Gasteiger partial charge in [0, 0.05) is 5.56 Å². The number of furan rings is 1. The second-order valence-electron chi connectivity index (χ2n) is 2.57. The number of aliphatic hydroxyl groups excluding tert-OH is 2. The molecule has 0 bridgehead atoms. The summed E-state index contributed by atoms with van der Waals surface area (Å²) in [6, 6.07) is 1.73. The Hall–Kier alpha value is -0.800. The Bertz CT molecular complexity index is 239. The molecule has 0 fully saturated rings. The molecule has 0 saturated carbocycles. The highest BCUT2D eigenvalue weighted by Gasteiger charge is 2.12. The first-order valence-corrected chi connectivity index (χ1v) is 3.51. The average Bonchev–Trinajstić information content (AvgIpc) is 2.28. The van der Waals surface area contributed by atoms with E-state index in [1.165, 1.54) is 0 Å².